The summed E-state index contributed by atoms with van der Waals surface area (Å²) in [7, 11) is 0. The first-order valence-corrected chi connectivity index (χ1v) is 9.12. The van der Waals surface area contributed by atoms with Crippen molar-refractivity contribution >= 4 is 17.0 Å². The lowest BCUT2D eigenvalue weighted by Gasteiger charge is -2.32. The molecule has 1 saturated heterocycles. The van der Waals surface area contributed by atoms with E-state index in [0.29, 0.717) is 25.5 Å². The second kappa shape index (κ2) is 7.65. The molecule has 4 rings (SSSR count). The molecule has 1 aromatic heterocycles. The molecule has 0 saturated carbocycles. The van der Waals surface area contributed by atoms with Crippen LogP contribution in [-0.2, 0) is 11.3 Å². The lowest BCUT2D eigenvalue weighted by molar-refractivity contribution is -0.126. The summed E-state index contributed by atoms with van der Waals surface area (Å²) in [6.07, 6.45) is 0. The molecule has 1 amide bonds. The van der Waals surface area contributed by atoms with E-state index in [-0.39, 0.29) is 5.91 Å². The Kier molecular flexibility index (Phi) is 4.91. The monoisotopic (exact) mass is 359 g/mol. The van der Waals surface area contributed by atoms with Gasteiger partial charge in [0.2, 0.25) is 5.89 Å². The molecule has 1 aliphatic rings. The van der Waals surface area contributed by atoms with Crippen LogP contribution in [0.25, 0.3) is 22.2 Å². The van der Waals surface area contributed by atoms with Crippen LogP contribution in [-0.4, -0.2) is 46.9 Å². The molecule has 27 heavy (non-hydrogen) atoms. The van der Waals surface area contributed by atoms with Crippen LogP contribution in [0.2, 0.25) is 0 Å². The van der Waals surface area contributed by atoms with E-state index in [0.717, 1.165) is 29.8 Å². The van der Waals surface area contributed by atoms with Crippen LogP contribution < -0.4 is 0 Å². The molecule has 0 radical (unpaired) electrons. The maximum absolute atomic E-state index is 11.8. The summed E-state index contributed by atoms with van der Waals surface area (Å²) < 4.78 is 5.92. The van der Waals surface area contributed by atoms with E-state index in [1.165, 1.54) is 5.56 Å². The largest absolute Gasteiger partial charge is 0.439 e. The number of aromatic nitrogens is 1. The van der Waals surface area contributed by atoms with Gasteiger partial charge in [-0.2, -0.15) is 0 Å². The highest BCUT2D eigenvalue weighted by molar-refractivity contribution is 5.93. The van der Waals surface area contributed by atoms with Crippen molar-refractivity contribution in [3.8, 4) is 23.0 Å². The molecule has 5 heteroatoms. The molecule has 0 aliphatic carbocycles. The predicted molar refractivity (Wildman–Crippen MR) is 105 cm³/mol. The zero-order chi connectivity index (χ0) is 18.6. The fraction of sp³-hybridized carbons (Fsp3) is 0.273. The maximum atomic E-state index is 11.8. The van der Waals surface area contributed by atoms with Crippen LogP contribution in [0.5, 0.6) is 0 Å². The van der Waals surface area contributed by atoms with Crippen molar-refractivity contribution in [1.82, 2.24) is 14.8 Å². The molecular formula is C22H21N3O2. The van der Waals surface area contributed by atoms with E-state index in [9.17, 15) is 4.79 Å². The summed E-state index contributed by atoms with van der Waals surface area (Å²) in [5.74, 6) is 5.89. The summed E-state index contributed by atoms with van der Waals surface area (Å²) in [4.78, 5) is 20.6. The molecule has 0 N–H and O–H groups in total. The first kappa shape index (κ1) is 17.3. The van der Waals surface area contributed by atoms with Gasteiger partial charge in [-0.3, -0.25) is 9.69 Å². The number of carbonyl (C=O) groups excluding carboxylic acids is 1. The van der Waals surface area contributed by atoms with Gasteiger partial charge in [-0.25, -0.2) is 4.98 Å². The Morgan fingerprint density at radius 1 is 1.07 bits per heavy atom. The number of fused-ring (bicyclic) bond motifs is 1. The molecular weight excluding hydrogens is 338 g/mol. The van der Waals surface area contributed by atoms with Crippen molar-refractivity contribution in [1.29, 1.82) is 0 Å². The van der Waals surface area contributed by atoms with Crippen molar-refractivity contribution in [3.05, 3.63) is 54.4 Å². The van der Waals surface area contributed by atoms with E-state index >= 15 is 0 Å². The Morgan fingerprint density at radius 2 is 1.85 bits per heavy atom. The predicted octanol–water partition coefficient (Wildman–Crippen LogP) is 3.16. The fourth-order valence-corrected chi connectivity index (χ4v) is 3.34. The number of amides is 1. The smallest absolute Gasteiger partial charge is 0.298 e. The Balaban J connectivity index is 1.44. The maximum Gasteiger partial charge on any atom is 0.298 e. The number of benzene rings is 2. The summed E-state index contributed by atoms with van der Waals surface area (Å²) in [6, 6.07) is 16.4. The van der Waals surface area contributed by atoms with Gasteiger partial charge in [0.1, 0.15) is 5.52 Å². The number of hydrogen-bond acceptors (Lipinski definition) is 4. The molecule has 2 aromatic carbocycles. The topological polar surface area (TPSA) is 49.6 Å². The Hall–Kier alpha value is -3.10. The van der Waals surface area contributed by atoms with Gasteiger partial charge >= 0.3 is 0 Å². The average Bonchev–Trinajstić information content (AvgIpc) is 3.11. The summed E-state index contributed by atoms with van der Waals surface area (Å²) in [6.45, 7) is 5.30. The molecule has 3 aromatic rings. The molecule has 5 nitrogen and oxygen atoms in total. The second-order valence-corrected chi connectivity index (χ2v) is 6.60. The van der Waals surface area contributed by atoms with Crippen LogP contribution in [0.15, 0.2) is 52.9 Å². The Labute approximate surface area is 158 Å². The fourth-order valence-electron chi connectivity index (χ4n) is 3.34. The molecule has 0 unspecified atom stereocenters. The van der Waals surface area contributed by atoms with Crippen LogP contribution in [0.1, 0.15) is 12.8 Å². The van der Waals surface area contributed by atoms with E-state index in [2.05, 4.69) is 46.0 Å². The number of oxazole rings is 1. The first-order valence-electron chi connectivity index (χ1n) is 9.12. The third-order valence-corrected chi connectivity index (χ3v) is 4.79. The van der Waals surface area contributed by atoms with E-state index in [1.54, 1.807) is 11.8 Å². The molecule has 1 fully saturated rings. The van der Waals surface area contributed by atoms with Crippen molar-refractivity contribution in [2.45, 2.75) is 13.5 Å². The van der Waals surface area contributed by atoms with Gasteiger partial charge in [0.25, 0.3) is 5.91 Å². The number of carbonyl (C=O) groups is 1. The molecule has 0 spiro atoms. The number of hydrogen-bond donors (Lipinski definition) is 0. The van der Waals surface area contributed by atoms with Crippen molar-refractivity contribution in [2.75, 3.05) is 26.2 Å². The van der Waals surface area contributed by atoms with E-state index in [4.69, 9.17) is 4.42 Å². The average molecular weight is 359 g/mol. The minimum absolute atomic E-state index is 0.0903. The van der Waals surface area contributed by atoms with E-state index in [1.807, 2.05) is 24.3 Å². The number of piperazine rings is 1. The van der Waals surface area contributed by atoms with Gasteiger partial charge in [0.15, 0.2) is 5.58 Å². The van der Waals surface area contributed by atoms with Crippen molar-refractivity contribution < 1.29 is 9.21 Å². The first-order chi connectivity index (χ1) is 13.2. The van der Waals surface area contributed by atoms with E-state index < -0.39 is 0 Å². The highest BCUT2D eigenvalue weighted by Gasteiger charge is 2.21. The van der Waals surface area contributed by atoms with Gasteiger partial charge in [-0.05, 0) is 36.1 Å². The number of nitrogens with zero attached hydrogens (tertiary/aromatic N) is 3. The molecule has 136 valence electrons. The quantitative estimate of drug-likeness (QED) is 0.674. The van der Waals surface area contributed by atoms with Crippen molar-refractivity contribution in [3.63, 3.8) is 0 Å². The van der Waals surface area contributed by atoms with Gasteiger partial charge in [0.05, 0.1) is 6.54 Å². The highest BCUT2D eigenvalue weighted by Crippen LogP contribution is 2.25. The standard InChI is InChI=1S/C22H21N3O2/c1-2-6-22(26)25-13-11-24(12-14-25)16-21-23-19-15-18(9-10-20(19)27-21)17-7-4-3-5-8-17/h3-5,7-10,15H,11-14,16H2,1H3. The van der Waals surface area contributed by atoms with Crippen LogP contribution >= 0.6 is 0 Å². The van der Waals surface area contributed by atoms with Gasteiger partial charge in [-0.1, -0.05) is 42.3 Å². The van der Waals surface area contributed by atoms with Gasteiger partial charge in [0, 0.05) is 26.2 Å². The summed E-state index contributed by atoms with van der Waals surface area (Å²) in [5.41, 5.74) is 3.97. The second-order valence-electron chi connectivity index (χ2n) is 6.60. The van der Waals surface area contributed by atoms with Crippen LogP contribution in [0, 0.1) is 11.8 Å². The third kappa shape index (κ3) is 3.86. The summed E-state index contributed by atoms with van der Waals surface area (Å²) in [5, 5.41) is 0. The zero-order valence-corrected chi connectivity index (χ0v) is 15.3. The van der Waals surface area contributed by atoms with Gasteiger partial charge in [-0.15, -0.1) is 0 Å². The lowest BCUT2D eigenvalue weighted by Crippen LogP contribution is -2.48. The number of rotatable bonds is 3. The molecule has 2 heterocycles. The Bertz CT molecular complexity index is 1010. The van der Waals surface area contributed by atoms with Crippen LogP contribution in [0.3, 0.4) is 0 Å². The van der Waals surface area contributed by atoms with Crippen LogP contribution in [0.4, 0.5) is 0 Å². The normalized spacial score (nSPS) is 14.8. The van der Waals surface area contributed by atoms with Gasteiger partial charge < -0.3 is 9.32 Å². The SMILES string of the molecule is CC#CC(=O)N1CCN(Cc2nc3cc(-c4ccccc4)ccc3o2)CC1. The lowest BCUT2D eigenvalue weighted by atomic mass is 10.1. The molecule has 0 bridgehead atoms. The highest BCUT2D eigenvalue weighted by atomic mass is 16.3. The minimum atomic E-state index is -0.0903. The van der Waals surface area contributed by atoms with Crippen molar-refractivity contribution in [2.24, 2.45) is 0 Å². The Morgan fingerprint density at radius 3 is 2.59 bits per heavy atom. The molecule has 0 atom stereocenters. The third-order valence-electron chi connectivity index (χ3n) is 4.79. The zero-order valence-electron chi connectivity index (χ0n) is 15.3. The minimum Gasteiger partial charge on any atom is -0.439 e. The molecule has 1 aliphatic heterocycles. The summed E-state index contributed by atoms with van der Waals surface area (Å²) >= 11 is 0.